The number of furan rings is 1. The van der Waals surface area contributed by atoms with E-state index in [-0.39, 0.29) is 16.6 Å². The van der Waals surface area contributed by atoms with Crippen LogP contribution in [0.1, 0.15) is 27.5 Å². The van der Waals surface area contributed by atoms with Gasteiger partial charge in [0.05, 0.1) is 23.3 Å². The first-order valence-corrected chi connectivity index (χ1v) is 9.88. The van der Waals surface area contributed by atoms with Crippen LogP contribution < -0.4 is 9.62 Å². The topological polar surface area (TPSA) is 108 Å². The number of fused-ring (bicyclic) bond motifs is 1. The molecule has 0 fully saturated rings. The number of amides is 1. The fourth-order valence-electron chi connectivity index (χ4n) is 3.33. The van der Waals surface area contributed by atoms with Gasteiger partial charge in [-0.15, -0.1) is 0 Å². The SMILES string of the molecule is Cc1n[nH]c(C)c1S(=O)(=O)Nc1ccc2c(c1)N(C(=O)c1ccco1)CC2. The number of anilines is 2. The van der Waals surface area contributed by atoms with E-state index >= 15 is 0 Å². The Labute approximate surface area is 156 Å². The van der Waals surface area contributed by atoms with E-state index in [9.17, 15) is 13.2 Å². The van der Waals surface area contributed by atoms with E-state index < -0.39 is 10.0 Å². The molecule has 0 spiro atoms. The van der Waals surface area contributed by atoms with Gasteiger partial charge in [0.2, 0.25) is 0 Å². The summed E-state index contributed by atoms with van der Waals surface area (Å²) in [6.07, 6.45) is 2.15. The van der Waals surface area contributed by atoms with E-state index in [0.29, 0.717) is 35.7 Å². The lowest BCUT2D eigenvalue weighted by molar-refractivity contribution is 0.0963. The number of carbonyl (C=O) groups excluding carboxylic acids is 1. The molecule has 4 rings (SSSR count). The molecule has 0 saturated heterocycles. The molecule has 1 aromatic carbocycles. The molecule has 2 aromatic heterocycles. The molecule has 1 aliphatic heterocycles. The molecule has 0 radical (unpaired) electrons. The second-order valence-corrected chi connectivity index (χ2v) is 8.02. The van der Waals surface area contributed by atoms with Crippen LogP contribution in [0, 0.1) is 13.8 Å². The quantitative estimate of drug-likeness (QED) is 0.716. The fraction of sp³-hybridized carbons (Fsp3) is 0.222. The van der Waals surface area contributed by atoms with Crippen LogP contribution in [0.25, 0.3) is 0 Å². The molecular weight excluding hydrogens is 368 g/mol. The Morgan fingerprint density at radius 3 is 2.78 bits per heavy atom. The summed E-state index contributed by atoms with van der Waals surface area (Å²) in [4.78, 5) is 14.4. The molecule has 3 heterocycles. The third kappa shape index (κ3) is 2.99. The van der Waals surface area contributed by atoms with Gasteiger partial charge in [0, 0.05) is 12.2 Å². The molecular formula is C18H18N4O4S. The number of nitrogens with zero attached hydrogens (tertiary/aromatic N) is 2. The lowest BCUT2D eigenvalue weighted by Gasteiger charge is -2.17. The van der Waals surface area contributed by atoms with Crippen LogP contribution >= 0.6 is 0 Å². The first-order valence-electron chi connectivity index (χ1n) is 8.39. The van der Waals surface area contributed by atoms with Crippen molar-refractivity contribution in [1.82, 2.24) is 10.2 Å². The summed E-state index contributed by atoms with van der Waals surface area (Å²) < 4.78 is 33.3. The minimum absolute atomic E-state index is 0.131. The Hall–Kier alpha value is -3.07. The molecule has 2 N–H and O–H groups in total. The van der Waals surface area contributed by atoms with E-state index in [1.54, 1.807) is 43.0 Å². The van der Waals surface area contributed by atoms with Gasteiger partial charge in [0.15, 0.2) is 5.76 Å². The van der Waals surface area contributed by atoms with Gasteiger partial charge in [-0.25, -0.2) is 8.42 Å². The van der Waals surface area contributed by atoms with Crippen molar-refractivity contribution in [2.45, 2.75) is 25.2 Å². The van der Waals surface area contributed by atoms with Gasteiger partial charge >= 0.3 is 0 Å². The summed E-state index contributed by atoms with van der Waals surface area (Å²) in [6, 6.07) is 8.47. The molecule has 0 aliphatic carbocycles. The van der Waals surface area contributed by atoms with Crippen LogP contribution in [0.3, 0.4) is 0 Å². The summed E-state index contributed by atoms with van der Waals surface area (Å²) in [6.45, 7) is 3.80. The fourth-order valence-corrected chi connectivity index (χ4v) is 4.75. The molecule has 9 heteroatoms. The zero-order valence-electron chi connectivity index (χ0n) is 14.8. The third-order valence-corrected chi connectivity index (χ3v) is 6.18. The summed E-state index contributed by atoms with van der Waals surface area (Å²) >= 11 is 0. The maximum atomic E-state index is 12.7. The lowest BCUT2D eigenvalue weighted by atomic mass is 10.1. The van der Waals surface area contributed by atoms with Gasteiger partial charge in [-0.2, -0.15) is 5.10 Å². The molecule has 8 nitrogen and oxygen atoms in total. The number of nitrogens with one attached hydrogen (secondary N) is 2. The molecule has 140 valence electrons. The Bertz CT molecular complexity index is 1100. The maximum absolute atomic E-state index is 12.7. The van der Waals surface area contributed by atoms with Crippen molar-refractivity contribution in [3.63, 3.8) is 0 Å². The number of aromatic amines is 1. The molecule has 3 aromatic rings. The van der Waals surface area contributed by atoms with Crippen LogP contribution in [-0.2, 0) is 16.4 Å². The number of sulfonamides is 1. The lowest BCUT2D eigenvalue weighted by Crippen LogP contribution is -2.28. The Morgan fingerprint density at radius 2 is 2.11 bits per heavy atom. The Balaban J connectivity index is 1.65. The Morgan fingerprint density at radius 1 is 1.30 bits per heavy atom. The molecule has 0 saturated carbocycles. The number of hydrogen-bond acceptors (Lipinski definition) is 5. The van der Waals surface area contributed by atoms with Crippen LogP contribution in [0.4, 0.5) is 11.4 Å². The number of benzene rings is 1. The van der Waals surface area contributed by atoms with Crippen LogP contribution in [0.2, 0.25) is 0 Å². The number of H-pyrrole nitrogens is 1. The molecule has 1 amide bonds. The second-order valence-electron chi connectivity index (χ2n) is 6.40. The predicted octanol–water partition coefficient (Wildman–Crippen LogP) is 2.62. The van der Waals surface area contributed by atoms with Crippen molar-refractivity contribution in [3.05, 3.63) is 59.3 Å². The number of hydrogen-bond donors (Lipinski definition) is 2. The third-order valence-electron chi connectivity index (χ3n) is 4.54. The van der Waals surface area contributed by atoms with Gasteiger partial charge in [-0.3, -0.25) is 14.6 Å². The van der Waals surface area contributed by atoms with Crippen molar-refractivity contribution >= 4 is 27.3 Å². The second kappa shape index (κ2) is 6.27. The van der Waals surface area contributed by atoms with Gasteiger partial charge in [0.25, 0.3) is 15.9 Å². The highest BCUT2D eigenvalue weighted by Crippen LogP contribution is 2.33. The minimum atomic E-state index is -3.80. The highest BCUT2D eigenvalue weighted by molar-refractivity contribution is 7.92. The van der Waals surface area contributed by atoms with Crippen molar-refractivity contribution in [2.75, 3.05) is 16.2 Å². The Kier molecular flexibility index (Phi) is 4.03. The average Bonchev–Trinajstić information content (AvgIpc) is 3.34. The molecule has 1 aliphatic rings. The van der Waals surface area contributed by atoms with Crippen LogP contribution in [-0.4, -0.2) is 31.1 Å². The van der Waals surface area contributed by atoms with E-state index in [2.05, 4.69) is 14.9 Å². The molecule has 0 unspecified atom stereocenters. The van der Waals surface area contributed by atoms with Crippen LogP contribution in [0.15, 0.2) is 45.9 Å². The van der Waals surface area contributed by atoms with Gasteiger partial charge in [0.1, 0.15) is 4.90 Å². The van der Waals surface area contributed by atoms with Crippen molar-refractivity contribution in [1.29, 1.82) is 0 Å². The zero-order chi connectivity index (χ0) is 19.2. The summed E-state index contributed by atoms with van der Waals surface area (Å²) in [5.41, 5.74) is 2.91. The smallest absolute Gasteiger partial charge is 0.293 e. The highest BCUT2D eigenvalue weighted by atomic mass is 32.2. The van der Waals surface area contributed by atoms with Crippen molar-refractivity contribution in [3.8, 4) is 0 Å². The maximum Gasteiger partial charge on any atom is 0.293 e. The van der Waals surface area contributed by atoms with E-state index in [1.807, 2.05) is 6.07 Å². The first kappa shape index (κ1) is 17.3. The standard InChI is InChI=1S/C18H18N4O4S/c1-11-17(12(2)20-19-11)27(24,25)21-14-6-5-13-7-8-22(15(13)10-14)18(23)16-4-3-9-26-16/h3-6,9-10,21H,7-8H2,1-2H3,(H,19,20). The first-order chi connectivity index (χ1) is 12.9. The molecule has 27 heavy (non-hydrogen) atoms. The van der Waals surface area contributed by atoms with Crippen LogP contribution in [0.5, 0.6) is 0 Å². The minimum Gasteiger partial charge on any atom is -0.459 e. The number of carbonyl (C=O) groups is 1. The van der Waals surface area contributed by atoms with Gasteiger partial charge < -0.3 is 9.32 Å². The summed E-state index contributed by atoms with van der Waals surface area (Å²) in [7, 11) is -3.80. The molecule has 0 atom stereocenters. The van der Waals surface area contributed by atoms with E-state index in [1.165, 1.54) is 6.26 Å². The predicted molar refractivity (Wildman–Crippen MR) is 99.4 cm³/mol. The average molecular weight is 386 g/mol. The molecule has 0 bridgehead atoms. The summed E-state index contributed by atoms with van der Waals surface area (Å²) in [5, 5.41) is 6.61. The van der Waals surface area contributed by atoms with Crippen molar-refractivity contribution < 1.29 is 17.6 Å². The van der Waals surface area contributed by atoms with Gasteiger partial charge in [-0.05, 0) is 50.1 Å². The van der Waals surface area contributed by atoms with Gasteiger partial charge in [-0.1, -0.05) is 6.07 Å². The number of aryl methyl sites for hydroxylation is 2. The monoisotopic (exact) mass is 386 g/mol. The normalized spacial score (nSPS) is 13.6. The summed E-state index contributed by atoms with van der Waals surface area (Å²) in [5.74, 6) is -0.00115. The highest BCUT2D eigenvalue weighted by Gasteiger charge is 2.28. The van der Waals surface area contributed by atoms with E-state index in [0.717, 1.165) is 5.56 Å². The van der Waals surface area contributed by atoms with Crippen molar-refractivity contribution in [2.24, 2.45) is 0 Å². The zero-order valence-corrected chi connectivity index (χ0v) is 15.6. The largest absolute Gasteiger partial charge is 0.459 e. The van der Waals surface area contributed by atoms with E-state index in [4.69, 9.17) is 4.42 Å². The number of aromatic nitrogens is 2. The number of rotatable bonds is 4.